The highest BCUT2D eigenvalue weighted by Gasteiger charge is 2.43. The third-order valence-corrected chi connectivity index (χ3v) is 1.29. The summed E-state index contributed by atoms with van der Waals surface area (Å²) < 4.78 is 39.9. The molecule has 0 saturated carbocycles. The van der Waals surface area contributed by atoms with Gasteiger partial charge in [-0.2, -0.15) is 13.2 Å². The molecule has 0 aliphatic carbocycles. The quantitative estimate of drug-likeness (QED) is 0.308. The monoisotopic (exact) mass is 210 g/mol. The van der Waals surface area contributed by atoms with E-state index in [1.807, 2.05) is 0 Å². The molecule has 0 atom stereocenters. The van der Waals surface area contributed by atoms with Gasteiger partial charge in [-0.3, -0.25) is 4.79 Å². The van der Waals surface area contributed by atoms with Gasteiger partial charge in [-0.1, -0.05) is 6.08 Å². The molecule has 0 aromatic carbocycles. The van der Waals surface area contributed by atoms with Gasteiger partial charge in [-0.25, -0.2) is 4.79 Å². The number of esters is 1. The van der Waals surface area contributed by atoms with Gasteiger partial charge >= 0.3 is 12.1 Å². The Morgan fingerprint density at radius 2 is 1.86 bits per heavy atom. The first-order valence-corrected chi connectivity index (χ1v) is 3.79. The Kier molecular flexibility index (Phi) is 4.33. The van der Waals surface area contributed by atoms with E-state index in [2.05, 4.69) is 4.74 Å². The molecule has 0 radical (unpaired) electrons. The van der Waals surface area contributed by atoms with Crippen LogP contribution in [0.15, 0.2) is 11.6 Å². The van der Waals surface area contributed by atoms with Gasteiger partial charge in [0.1, 0.15) is 5.57 Å². The Bertz CT molecular complexity index is 265. The van der Waals surface area contributed by atoms with Crippen molar-refractivity contribution in [1.82, 2.24) is 0 Å². The van der Waals surface area contributed by atoms with Crippen LogP contribution < -0.4 is 0 Å². The fourth-order valence-corrected chi connectivity index (χ4v) is 0.703. The number of carbonyl (C=O) groups excluding carboxylic acids is 2. The smallest absolute Gasteiger partial charge is 0.455 e. The molecule has 6 heteroatoms. The normalized spacial score (nSPS) is 12.5. The highest BCUT2D eigenvalue weighted by atomic mass is 19.4. The number of hydrogen-bond donors (Lipinski definition) is 0. The van der Waals surface area contributed by atoms with E-state index in [1.165, 1.54) is 6.92 Å². The summed E-state index contributed by atoms with van der Waals surface area (Å²) in [6.07, 6.45) is -4.26. The summed E-state index contributed by atoms with van der Waals surface area (Å²) in [5.41, 5.74) is -0.987. The molecule has 0 N–H and O–H groups in total. The summed E-state index contributed by atoms with van der Waals surface area (Å²) in [5, 5.41) is 0. The molecule has 0 bridgehead atoms. The number of halogens is 3. The Morgan fingerprint density at radius 1 is 1.36 bits per heavy atom. The van der Waals surface area contributed by atoms with Crippen LogP contribution in [0.1, 0.15) is 13.8 Å². The Morgan fingerprint density at radius 3 is 2.14 bits per heavy atom. The second-order valence-electron chi connectivity index (χ2n) is 2.25. The molecule has 80 valence electrons. The van der Waals surface area contributed by atoms with Crippen molar-refractivity contribution in [3.63, 3.8) is 0 Å². The molecular formula is C8H9F3O3. The van der Waals surface area contributed by atoms with Crippen molar-refractivity contribution in [3.8, 4) is 0 Å². The van der Waals surface area contributed by atoms with Crippen LogP contribution in [0.3, 0.4) is 0 Å². The van der Waals surface area contributed by atoms with Crippen LogP contribution in [0.4, 0.5) is 13.2 Å². The van der Waals surface area contributed by atoms with Crippen molar-refractivity contribution in [2.24, 2.45) is 0 Å². The molecule has 0 aliphatic heterocycles. The maximum atomic E-state index is 11.9. The number of ether oxygens (including phenoxy) is 1. The van der Waals surface area contributed by atoms with Crippen molar-refractivity contribution < 1.29 is 27.5 Å². The molecule has 0 unspecified atom stereocenters. The van der Waals surface area contributed by atoms with E-state index in [1.54, 1.807) is 0 Å². The zero-order chi connectivity index (χ0) is 11.4. The molecular weight excluding hydrogens is 201 g/mol. The summed E-state index contributed by atoms with van der Waals surface area (Å²) in [5.74, 6) is -3.43. The Balaban J connectivity index is 4.77. The van der Waals surface area contributed by atoms with E-state index in [0.29, 0.717) is 0 Å². The number of carbonyl (C=O) groups is 2. The third-order valence-electron chi connectivity index (χ3n) is 1.29. The summed E-state index contributed by atoms with van der Waals surface area (Å²) in [4.78, 5) is 21.5. The van der Waals surface area contributed by atoms with E-state index in [4.69, 9.17) is 0 Å². The first kappa shape index (κ1) is 12.7. The first-order valence-electron chi connectivity index (χ1n) is 3.79. The van der Waals surface area contributed by atoms with Crippen LogP contribution >= 0.6 is 0 Å². The van der Waals surface area contributed by atoms with E-state index >= 15 is 0 Å². The van der Waals surface area contributed by atoms with Crippen LogP contribution in [-0.4, -0.2) is 24.5 Å². The summed E-state index contributed by atoms with van der Waals surface area (Å²) >= 11 is 0. The van der Waals surface area contributed by atoms with Gasteiger partial charge in [0.25, 0.3) is 5.78 Å². The zero-order valence-electron chi connectivity index (χ0n) is 7.64. The van der Waals surface area contributed by atoms with Crippen molar-refractivity contribution in [3.05, 3.63) is 11.6 Å². The highest BCUT2D eigenvalue weighted by Crippen LogP contribution is 2.21. The average molecular weight is 210 g/mol. The molecule has 0 aromatic rings. The highest BCUT2D eigenvalue weighted by molar-refractivity contribution is 6.19. The number of allylic oxidation sites excluding steroid dienone is 1. The van der Waals surface area contributed by atoms with Crippen LogP contribution in [-0.2, 0) is 14.3 Å². The Labute approximate surface area is 78.5 Å². The maximum absolute atomic E-state index is 11.9. The van der Waals surface area contributed by atoms with Gasteiger partial charge in [-0.15, -0.1) is 0 Å². The van der Waals surface area contributed by atoms with Gasteiger partial charge in [0.2, 0.25) is 0 Å². The number of Topliss-reactive ketones (excluding diaryl/α,β-unsaturated/α-hetero) is 1. The molecule has 14 heavy (non-hydrogen) atoms. The second kappa shape index (κ2) is 4.78. The van der Waals surface area contributed by atoms with Gasteiger partial charge in [0.15, 0.2) is 0 Å². The van der Waals surface area contributed by atoms with Gasteiger partial charge in [-0.05, 0) is 13.8 Å². The summed E-state index contributed by atoms with van der Waals surface area (Å²) in [6.45, 7) is 2.51. The standard InChI is InChI=1S/C8H9F3O3/c1-3-5(7(13)14-4-2)6(12)8(9,10)11/h3H,4H2,1-2H3. The van der Waals surface area contributed by atoms with Crippen molar-refractivity contribution >= 4 is 11.8 Å². The molecule has 0 spiro atoms. The number of rotatable bonds is 3. The predicted molar refractivity (Wildman–Crippen MR) is 41.5 cm³/mol. The van der Waals surface area contributed by atoms with E-state index in [-0.39, 0.29) is 6.61 Å². The maximum Gasteiger partial charge on any atom is 0.455 e. The van der Waals surface area contributed by atoms with E-state index in [9.17, 15) is 22.8 Å². The van der Waals surface area contributed by atoms with Crippen molar-refractivity contribution in [1.29, 1.82) is 0 Å². The van der Waals surface area contributed by atoms with Crippen LogP contribution in [0.25, 0.3) is 0 Å². The Hall–Kier alpha value is -1.33. The summed E-state index contributed by atoms with van der Waals surface area (Å²) in [6, 6.07) is 0. The third kappa shape index (κ3) is 3.20. The predicted octanol–water partition coefficient (Wildman–Crippen LogP) is 1.63. The molecule has 0 saturated heterocycles. The van der Waals surface area contributed by atoms with Crippen LogP contribution in [0.2, 0.25) is 0 Å². The number of alkyl halides is 3. The average Bonchev–Trinajstić information content (AvgIpc) is 2.04. The molecule has 0 amide bonds. The molecule has 0 fully saturated rings. The minimum atomic E-state index is -5.05. The minimum Gasteiger partial charge on any atom is -0.462 e. The molecule has 0 heterocycles. The SMILES string of the molecule is CC=C(C(=O)OCC)C(=O)C(F)(F)F. The fourth-order valence-electron chi connectivity index (χ4n) is 0.703. The molecule has 0 aromatic heterocycles. The van der Waals surface area contributed by atoms with Gasteiger partial charge < -0.3 is 4.74 Å². The lowest BCUT2D eigenvalue weighted by Crippen LogP contribution is -2.29. The largest absolute Gasteiger partial charge is 0.462 e. The number of hydrogen-bond acceptors (Lipinski definition) is 3. The van der Waals surface area contributed by atoms with Gasteiger partial charge in [0, 0.05) is 0 Å². The lowest BCUT2D eigenvalue weighted by Gasteiger charge is -2.07. The first-order chi connectivity index (χ1) is 6.34. The zero-order valence-corrected chi connectivity index (χ0v) is 7.64. The van der Waals surface area contributed by atoms with Crippen LogP contribution in [0, 0.1) is 0 Å². The summed E-state index contributed by atoms with van der Waals surface area (Å²) in [7, 11) is 0. The van der Waals surface area contributed by atoms with E-state index < -0.39 is 23.5 Å². The topological polar surface area (TPSA) is 43.4 Å². The van der Waals surface area contributed by atoms with Crippen molar-refractivity contribution in [2.45, 2.75) is 20.0 Å². The lowest BCUT2D eigenvalue weighted by molar-refractivity contribution is -0.168. The van der Waals surface area contributed by atoms with Crippen LogP contribution in [0.5, 0.6) is 0 Å². The molecule has 0 aliphatic rings. The van der Waals surface area contributed by atoms with Gasteiger partial charge in [0.05, 0.1) is 6.61 Å². The fraction of sp³-hybridized carbons (Fsp3) is 0.500. The lowest BCUT2D eigenvalue weighted by atomic mass is 10.1. The second-order valence-corrected chi connectivity index (χ2v) is 2.25. The molecule has 3 nitrogen and oxygen atoms in total. The van der Waals surface area contributed by atoms with Crippen molar-refractivity contribution in [2.75, 3.05) is 6.61 Å². The van der Waals surface area contributed by atoms with E-state index in [0.717, 1.165) is 13.0 Å². The molecule has 0 rings (SSSR count). The minimum absolute atomic E-state index is 0.0820. The number of ketones is 1.